The van der Waals surface area contributed by atoms with Gasteiger partial charge in [-0.25, -0.2) is 8.42 Å². The quantitative estimate of drug-likeness (QED) is 0.851. The molecule has 1 aromatic carbocycles. The highest BCUT2D eigenvalue weighted by Gasteiger charge is 2.38. The van der Waals surface area contributed by atoms with Crippen LogP contribution in [-0.2, 0) is 20.0 Å². The highest BCUT2D eigenvalue weighted by atomic mass is 32.2. The molecule has 0 radical (unpaired) electrons. The lowest BCUT2D eigenvalue weighted by Gasteiger charge is -2.33. The van der Waals surface area contributed by atoms with E-state index >= 15 is 0 Å². The Hall–Kier alpha value is -1.36. The molecule has 0 aromatic heterocycles. The summed E-state index contributed by atoms with van der Waals surface area (Å²) in [6, 6.07) is 9.39. The number of carbonyl (C=O) groups is 1. The monoisotopic (exact) mass is 295 g/mol. The molecule has 0 aliphatic carbocycles. The summed E-state index contributed by atoms with van der Waals surface area (Å²) in [6.07, 6.45) is 0.537. The molecule has 0 unspecified atom stereocenters. The Morgan fingerprint density at radius 1 is 1.25 bits per heavy atom. The third-order valence-electron chi connectivity index (χ3n) is 4.11. The molecule has 0 N–H and O–H groups in total. The Labute approximate surface area is 120 Å². The predicted molar refractivity (Wildman–Crippen MR) is 79.3 cm³/mol. The normalized spacial score (nSPS) is 21.6. The lowest BCUT2D eigenvalue weighted by atomic mass is 9.83. The van der Waals surface area contributed by atoms with Gasteiger partial charge in [0.2, 0.25) is 5.91 Å². The number of rotatable bonds is 3. The molecule has 1 heterocycles. The zero-order valence-corrected chi connectivity index (χ0v) is 13.0. The fraction of sp³-hybridized carbons (Fsp3) is 0.533. The number of hydrogen-bond acceptors (Lipinski definition) is 3. The van der Waals surface area contributed by atoms with Gasteiger partial charge in [0.15, 0.2) is 9.84 Å². The number of carbonyl (C=O) groups excluding carboxylic acids is 1. The second-order valence-corrected chi connectivity index (χ2v) is 8.19. The molecule has 0 bridgehead atoms. The molecule has 1 aliphatic heterocycles. The van der Waals surface area contributed by atoms with Crippen LogP contribution in [0.25, 0.3) is 0 Å². The zero-order valence-electron chi connectivity index (χ0n) is 12.2. The molecule has 2 rings (SSSR count). The molecule has 1 amide bonds. The van der Waals surface area contributed by atoms with E-state index in [-0.39, 0.29) is 23.5 Å². The van der Waals surface area contributed by atoms with Crippen LogP contribution in [-0.4, -0.2) is 43.8 Å². The van der Waals surface area contributed by atoms with Crippen LogP contribution in [0.5, 0.6) is 0 Å². The molecule has 110 valence electrons. The molecule has 1 saturated heterocycles. The summed E-state index contributed by atoms with van der Waals surface area (Å²) in [5.41, 5.74) is 0.292. The molecule has 0 saturated carbocycles. The second kappa shape index (κ2) is 5.20. The lowest BCUT2D eigenvalue weighted by Crippen LogP contribution is -2.46. The van der Waals surface area contributed by atoms with Gasteiger partial charge < -0.3 is 4.90 Å². The number of likely N-dealkylation sites (N-methyl/N-ethyl adjacent to an activating group) is 1. The van der Waals surface area contributed by atoms with Crippen molar-refractivity contribution in [1.82, 2.24) is 4.90 Å². The SMILES string of the molecule is CN(C(=O)C(C)(C)c1ccccc1)[C@@H]1CCS(=O)(=O)C1. The maximum absolute atomic E-state index is 12.7. The van der Waals surface area contributed by atoms with Gasteiger partial charge in [0, 0.05) is 13.1 Å². The largest absolute Gasteiger partial charge is 0.341 e. The van der Waals surface area contributed by atoms with Crippen LogP contribution < -0.4 is 0 Å². The van der Waals surface area contributed by atoms with Crippen LogP contribution >= 0.6 is 0 Å². The average Bonchev–Trinajstić information content (AvgIpc) is 2.78. The Morgan fingerprint density at radius 3 is 2.35 bits per heavy atom. The van der Waals surface area contributed by atoms with E-state index < -0.39 is 15.3 Å². The van der Waals surface area contributed by atoms with Crippen molar-refractivity contribution in [2.24, 2.45) is 0 Å². The summed E-state index contributed by atoms with van der Waals surface area (Å²) >= 11 is 0. The molecule has 1 atom stereocenters. The standard InChI is InChI=1S/C15H21NO3S/c1-15(2,12-7-5-4-6-8-12)14(17)16(3)13-9-10-20(18,19)11-13/h4-8,13H,9-11H2,1-3H3/t13-/m1/s1. The van der Waals surface area contributed by atoms with Gasteiger partial charge in [-0.1, -0.05) is 30.3 Å². The summed E-state index contributed by atoms with van der Waals surface area (Å²) in [6.45, 7) is 3.76. The van der Waals surface area contributed by atoms with Gasteiger partial charge in [-0.15, -0.1) is 0 Å². The lowest BCUT2D eigenvalue weighted by molar-refractivity contribution is -0.136. The highest BCUT2D eigenvalue weighted by Crippen LogP contribution is 2.27. The van der Waals surface area contributed by atoms with Crippen LogP contribution in [0.2, 0.25) is 0 Å². The summed E-state index contributed by atoms with van der Waals surface area (Å²) in [5, 5.41) is 0. The van der Waals surface area contributed by atoms with Gasteiger partial charge in [-0.05, 0) is 25.8 Å². The minimum absolute atomic E-state index is 0.0363. The summed E-state index contributed by atoms with van der Waals surface area (Å²) in [7, 11) is -1.27. The van der Waals surface area contributed by atoms with Gasteiger partial charge in [-0.3, -0.25) is 4.79 Å². The number of hydrogen-bond donors (Lipinski definition) is 0. The summed E-state index contributed by atoms with van der Waals surface area (Å²) in [4.78, 5) is 14.3. The average molecular weight is 295 g/mol. The van der Waals surface area contributed by atoms with E-state index in [0.717, 1.165) is 5.56 Å². The number of nitrogens with zero attached hydrogens (tertiary/aromatic N) is 1. The van der Waals surface area contributed by atoms with E-state index in [2.05, 4.69) is 0 Å². The minimum atomic E-state index is -2.98. The van der Waals surface area contributed by atoms with Gasteiger partial charge >= 0.3 is 0 Å². The van der Waals surface area contributed by atoms with Crippen LogP contribution in [0.4, 0.5) is 0 Å². The smallest absolute Gasteiger partial charge is 0.232 e. The van der Waals surface area contributed by atoms with Gasteiger partial charge in [0.1, 0.15) is 0 Å². The number of sulfone groups is 1. The number of benzene rings is 1. The Balaban J connectivity index is 2.19. The Morgan fingerprint density at radius 2 is 1.85 bits per heavy atom. The van der Waals surface area contributed by atoms with Crippen molar-refractivity contribution in [3.63, 3.8) is 0 Å². The summed E-state index contributed by atoms with van der Waals surface area (Å²) in [5.74, 6) is 0.229. The van der Waals surface area contributed by atoms with Crippen LogP contribution in [0.15, 0.2) is 30.3 Å². The van der Waals surface area contributed by atoms with Crippen molar-refractivity contribution in [3.05, 3.63) is 35.9 Å². The molecule has 0 spiro atoms. The molecule has 4 nitrogen and oxygen atoms in total. The van der Waals surface area contributed by atoms with Gasteiger partial charge in [-0.2, -0.15) is 0 Å². The molecular weight excluding hydrogens is 274 g/mol. The van der Waals surface area contributed by atoms with Crippen LogP contribution in [0.3, 0.4) is 0 Å². The van der Waals surface area contributed by atoms with Crippen LogP contribution in [0, 0.1) is 0 Å². The maximum atomic E-state index is 12.7. The number of amides is 1. The van der Waals surface area contributed by atoms with E-state index in [1.54, 1.807) is 11.9 Å². The predicted octanol–water partition coefficient (Wildman–Crippen LogP) is 1.61. The van der Waals surface area contributed by atoms with Crippen molar-refractivity contribution in [2.45, 2.75) is 31.7 Å². The van der Waals surface area contributed by atoms with Gasteiger partial charge in [0.05, 0.1) is 16.9 Å². The van der Waals surface area contributed by atoms with E-state index in [1.165, 1.54) is 0 Å². The van der Waals surface area contributed by atoms with E-state index in [0.29, 0.717) is 6.42 Å². The van der Waals surface area contributed by atoms with E-state index in [1.807, 2.05) is 44.2 Å². The minimum Gasteiger partial charge on any atom is -0.341 e. The Bertz CT molecular complexity index is 593. The first-order chi connectivity index (χ1) is 9.24. The molecule has 1 aromatic rings. The molecular formula is C15H21NO3S. The molecule has 5 heteroatoms. The zero-order chi connectivity index (χ0) is 15.0. The maximum Gasteiger partial charge on any atom is 0.232 e. The fourth-order valence-electron chi connectivity index (χ4n) is 2.67. The second-order valence-electron chi connectivity index (χ2n) is 5.96. The molecule has 1 fully saturated rings. The third-order valence-corrected chi connectivity index (χ3v) is 5.86. The van der Waals surface area contributed by atoms with E-state index in [4.69, 9.17) is 0 Å². The van der Waals surface area contributed by atoms with Crippen molar-refractivity contribution in [1.29, 1.82) is 0 Å². The van der Waals surface area contributed by atoms with Gasteiger partial charge in [0.25, 0.3) is 0 Å². The van der Waals surface area contributed by atoms with Crippen molar-refractivity contribution < 1.29 is 13.2 Å². The first-order valence-corrected chi connectivity index (χ1v) is 8.59. The summed E-state index contributed by atoms with van der Waals surface area (Å²) < 4.78 is 23.1. The van der Waals surface area contributed by atoms with Crippen LogP contribution in [0.1, 0.15) is 25.8 Å². The van der Waals surface area contributed by atoms with Crippen molar-refractivity contribution in [3.8, 4) is 0 Å². The highest BCUT2D eigenvalue weighted by molar-refractivity contribution is 7.91. The third kappa shape index (κ3) is 2.87. The molecule has 1 aliphatic rings. The Kier molecular flexibility index (Phi) is 3.91. The first-order valence-electron chi connectivity index (χ1n) is 6.77. The van der Waals surface area contributed by atoms with E-state index in [9.17, 15) is 13.2 Å². The first kappa shape index (κ1) is 15.0. The van der Waals surface area contributed by atoms with Crippen molar-refractivity contribution in [2.75, 3.05) is 18.6 Å². The van der Waals surface area contributed by atoms with Crippen molar-refractivity contribution >= 4 is 15.7 Å². The fourth-order valence-corrected chi connectivity index (χ4v) is 4.44. The molecule has 20 heavy (non-hydrogen) atoms. The topological polar surface area (TPSA) is 54.5 Å².